The zero-order valence-corrected chi connectivity index (χ0v) is 17.6. The molecule has 0 aliphatic rings. The molecule has 0 amide bonds. The monoisotopic (exact) mass is 424 g/mol. The summed E-state index contributed by atoms with van der Waals surface area (Å²) in [6.45, 7) is 3.31. The van der Waals surface area contributed by atoms with E-state index in [0.29, 0.717) is 28.3 Å². The summed E-state index contributed by atoms with van der Waals surface area (Å²) in [6, 6.07) is 13.1. The van der Waals surface area contributed by atoms with Gasteiger partial charge >= 0.3 is 11.7 Å². The number of ketones is 1. The van der Waals surface area contributed by atoms with Crippen molar-refractivity contribution >= 4 is 11.8 Å². The molecule has 2 aromatic carbocycles. The predicted octanol–water partition coefficient (Wildman–Crippen LogP) is 2.38. The van der Waals surface area contributed by atoms with Gasteiger partial charge in [-0.05, 0) is 62.4 Å². The number of carbonyl (C=O) groups is 2. The molecule has 0 saturated carbocycles. The molecule has 1 aromatic heterocycles. The normalized spacial score (nSPS) is 11.7. The van der Waals surface area contributed by atoms with Gasteiger partial charge in [0.1, 0.15) is 18.5 Å². The van der Waals surface area contributed by atoms with Crippen molar-refractivity contribution in [3.8, 4) is 11.4 Å². The molecule has 0 fully saturated rings. The molecule has 0 aliphatic carbocycles. The first-order chi connectivity index (χ1) is 14.8. The number of aryl methyl sites for hydroxylation is 1. The van der Waals surface area contributed by atoms with E-state index in [9.17, 15) is 19.5 Å². The Labute approximate surface area is 179 Å². The van der Waals surface area contributed by atoms with Crippen molar-refractivity contribution in [1.82, 2.24) is 9.13 Å². The number of aliphatic hydroxyl groups excluding tert-OH is 1. The van der Waals surface area contributed by atoms with Crippen LogP contribution in [0.3, 0.4) is 0 Å². The van der Waals surface area contributed by atoms with E-state index in [4.69, 9.17) is 4.74 Å². The second-order valence-corrected chi connectivity index (χ2v) is 7.12. The van der Waals surface area contributed by atoms with Crippen LogP contribution in [0, 0.1) is 6.92 Å². The van der Waals surface area contributed by atoms with Crippen molar-refractivity contribution in [1.29, 1.82) is 0 Å². The fourth-order valence-electron chi connectivity index (χ4n) is 3.19. The molecule has 0 radical (unpaired) electrons. The zero-order chi connectivity index (χ0) is 22.5. The minimum absolute atomic E-state index is 0.0262. The van der Waals surface area contributed by atoms with Crippen molar-refractivity contribution in [2.45, 2.75) is 26.5 Å². The third kappa shape index (κ3) is 5.10. The number of Topliss-reactive ketones (excluding diaryl/α,β-unsaturated/α-hetero) is 1. The topological polar surface area (TPSA) is 99.8 Å². The standard InChI is InChI=1S/C23H24N2O6/c1-15-12-24(23(29)25(15)19-8-4-17(5-9-19)16(2)26)13-20(27)14-31-21-10-6-18(7-11-21)22(28)30-3/h4-12,20,27H,13-14H2,1-3H3. The number of rotatable bonds is 8. The van der Waals surface area contributed by atoms with Crippen LogP contribution in [0.4, 0.5) is 0 Å². The van der Waals surface area contributed by atoms with E-state index in [0.717, 1.165) is 0 Å². The smallest absolute Gasteiger partial charge is 0.337 e. The third-order valence-corrected chi connectivity index (χ3v) is 4.79. The van der Waals surface area contributed by atoms with Crippen LogP contribution in [0.1, 0.15) is 33.3 Å². The van der Waals surface area contributed by atoms with Gasteiger partial charge in [-0.2, -0.15) is 0 Å². The van der Waals surface area contributed by atoms with Crippen LogP contribution in [0.2, 0.25) is 0 Å². The highest BCUT2D eigenvalue weighted by Gasteiger charge is 2.14. The lowest BCUT2D eigenvalue weighted by atomic mass is 10.1. The molecule has 0 saturated heterocycles. The molecular weight excluding hydrogens is 400 g/mol. The van der Waals surface area contributed by atoms with Crippen molar-refractivity contribution in [3.63, 3.8) is 0 Å². The molecule has 0 spiro atoms. The van der Waals surface area contributed by atoms with Crippen LogP contribution in [0.15, 0.2) is 59.5 Å². The Morgan fingerprint density at radius 1 is 1.03 bits per heavy atom. The average molecular weight is 424 g/mol. The lowest BCUT2D eigenvalue weighted by Gasteiger charge is -2.13. The lowest BCUT2D eigenvalue weighted by molar-refractivity contribution is 0.0600. The van der Waals surface area contributed by atoms with Crippen LogP contribution in [-0.4, -0.2) is 45.8 Å². The highest BCUT2D eigenvalue weighted by atomic mass is 16.5. The van der Waals surface area contributed by atoms with E-state index in [2.05, 4.69) is 4.74 Å². The molecule has 1 heterocycles. The van der Waals surface area contributed by atoms with Crippen LogP contribution in [-0.2, 0) is 11.3 Å². The first kappa shape index (κ1) is 22.0. The van der Waals surface area contributed by atoms with Crippen LogP contribution >= 0.6 is 0 Å². The van der Waals surface area contributed by atoms with E-state index >= 15 is 0 Å². The van der Waals surface area contributed by atoms with Gasteiger partial charge in [-0.3, -0.25) is 13.9 Å². The van der Waals surface area contributed by atoms with Gasteiger partial charge in [-0.25, -0.2) is 9.59 Å². The lowest BCUT2D eigenvalue weighted by Crippen LogP contribution is -2.31. The number of hydrogen-bond acceptors (Lipinski definition) is 6. The molecule has 8 nitrogen and oxygen atoms in total. The number of carbonyl (C=O) groups excluding carboxylic acids is 2. The molecule has 1 unspecified atom stereocenters. The number of esters is 1. The summed E-state index contributed by atoms with van der Waals surface area (Å²) in [5, 5.41) is 10.3. The molecule has 3 aromatic rings. The summed E-state index contributed by atoms with van der Waals surface area (Å²) in [5.74, 6) is -0.00335. The molecule has 3 rings (SSSR count). The summed E-state index contributed by atoms with van der Waals surface area (Å²) in [7, 11) is 1.31. The Morgan fingerprint density at radius 3 is 2.23 bits per heavy atom. The maximum atomic E-state index is 12.8. The van der Waals surface area contributed by atoms with Crippen molar-refractivity contribution in [3.05, 3.63) is 82.0 Å². The van der Waals surface area contributed by atoms with Crippen molar-refractivity contribution < 1.29 is 24.2 Å². The largest absolute Gasteiger partial charge is 0.491 e. The average Bonchev–Trinajstić information content (AvgIpc) is 3.04. The molecule has 0 aliphatic heterocycles. The SMILES string of the molecule is COC(=O)c1ccc(OCC(O)Cn2cc(C)n(-c3ccc(C(C)=O)cc3)c2=O)cc1. The number of ether oxygens (including phenoxy) is 2. The number of aliphatic hydroxyl groups is 1. The molecule has 1 N–H and O–H groups in total. The van der Waals surface area contributed by atoms with E-state index in [-0.39, 0.29) is 24.6 Å². The minimum atomic E-state index is -0.923. The zero-order valence-electron chi connectivity index (χ0n) is 17.6. The summed E-state index contributed by atoms with van der Waals surface area (Å²) < 4.78 is 13.1. The molecule has 162 valence electrons. The molecule has 8 heteroatoms. The molecular formula is C23H24N2O6. The van der Waals surface area contributed by atoms with Gasteiger partial charge in [0.15, 0.2) is 5.78 Å². The highest BCUT2D eigenvalue weighted by Crippen LogP contribution is 2.14. The van der Waals surface area contributed by atoms with Crippen molar-refractivity contribution in [2.24, 2.45) is 0 Å². The van der Waals surface area contributed by atoms with Crippen LogP contribution < -0.4 is 10.4 Å². The summed E-state index contributed by atoms with van der Waals surface area (Å²) in [4.78, 5) is 35.7. The predicted molar refractivity (Wildman–Crippen MR) is 114 cm³/mol. The number of benzene rings is 2. The maximum Gasteiger partial charge on any atom is 0.337 e. The number of hydrogen-bond donors (Lipinski definition) is 1. The van der Waals surface area contributed by atoms with Crippen molar-refractivity contribution in [2.75, 3.05) is 13.7 Å². The third-order valence-electron chi connectivity index (χ3n) is 4.79. The van der Waals surface area contributed by atoms with Crippen LogP contribution in [0.25, 0.3) is 5.69 Å². The second-order valence-electron chi connectivity index (χ2n) is 7.12. The van der Waals surface area contributed by atoms with Gasteiger partial charge in [-0.15, -0.1) is 0 Å². The summed E-state index contributed by atoms with van der Waals surface area (Å²) >= 11 is 0. The van der Waals surface area contributed by atoms with E-state index < -0.39 is 12.1 Å². The maximum absolute atomic E-state index is 12.8. The fraction of sp³-hybridized carbons (Fsp3) is 0.261. The fourth-order valence-corrected chi connectivity index (χ4v) is 3.19. The summed E-state index contributed by atoms with van der Waals surface area (Å²) in [6.07, 6.45) is 0.739. The number of methoxy groups -OCH3 is 1. The first-order valence-electron chi connectivity index (χ1n) is 9.69. The van der Waals surface area contributed by atoms with E-state index in [1.54, 1.807) is 61.7 Å². The first-order valence-corrected chi connectivity index (χ1v) is 9.69. The molecule has 31 heavy (non-hydrogen) atoms. The van der Waals surface area contributed by atoms with Gasteiger partial charge in [-0.1, -0.05) is 0 Å². The Morgan fingerprint density at radius 2 is 1.65 bits per heavy atom. The minimum Gasteiger partial charge on any atom is -0.491 e. The number of nitrogens with zero attached hydrogens (tertiary/aromatic N) is 2. The van der Waals surface area contributed by atoms with Gasteiger partial charge < -0.3 is 14.6 Å². The van der Waals surface area contributed by atoms with Gasteiger partial charge in [0.2, 0.25) is 0 Å². The molecule has 1 atom stereocenters. The second kappa shape index (κ2) is 9.44. The highest BCUT2D eigenvalue weighted by molar-refractivity contribution is 5.94. The van der Waals surface area contributed by atoms with E-state index in [1.165, 1.54) is 23.2 Å². The Hall–Kier alpha value is -3.65. The van der Waals surface area contributed by atoms with Gasteiger partial charge in [0, 0.05) is 17.5 Å². The number of imidazole rings is 1. The molecule has 0 bridgehead atoms. The quantitative estimate of drug-likeness (QED) is 0.440. The van der Waals surface area contributed by atoms with Gasteiger partial charge in [0.05, 0.1) is 24.9 Å². The Kier molecular flexibility index (Phi) is 6.71. The Bertz CT molecular complexity index is 1130. The van der Waals surface area contributed by atoms with Gasteiger partial charge in [0.25, 0.3) is 0 Å². The number of aromatic nitrogens is 2. The van der Waals surface area contributed by atoms with E-state index in [1.807, 2.05) is 0 Å². The summed E-state index contributed by atoms with van der Waals surface area (Å²) in [5.41, 5.74) is 2.01. The van der Waals surface area contributed by atoms with Crippen LogP contribution in [0.5, 0.6) is 5.75 Å². The Balaban J connectivity index is 1.66.